The van der Waals surface area contributed by atoms with Crippen molar-refractivity contribution in [1.29, 1.82) is 0 Å². The molecule has 2 aromatic carbocycles. The number of halogens is 2. The van der Waals surface area contributed by atoms with Gasteiger partial charge < -0.3 is 10.2 Å². The number of nitrogens with one attached hydrogen (secondary N) is 1. The van der Waals surface area contributed by atoms with Gasteiger partial charge in [-0.05, 0) is 37.4 Å². The van der Waals surface area contributed by atoms with Gasteiger partial charge in [0.25, 0.3) is 0 Å². The minimum absolute atomic E-state index is 0.233. The average molecular weight is 290 g/mol. The van der Waals surface area contributed by atoms with E-state index in [4.69, 9.17) is 0 Å². The Morgan fingerprint density at radius 3 is 2.33 bits per heavy atom. The van der Waals surface area contributed by atoms with Gasteiger partial charge in [-0.25, -0.2) is 8.78 Å². The Morgan fingerprint density at radius 2 is 1.71 bits per heavy atom. The number of nitrogens with zero attached hydrogens (tertiary/aromatic N) is 1. The third-order valence-corrected chi connectivity index (χ3v) is 3.46. The molecule has 0 bridgehead atoms. The molecule has 1 atom stereocenters. The molecule has 0 spiro atoms. The number of hydrogen-bond acceptors (Lipinski definition) is 2. The second-order valence-corrected chi connectivity index (χ2v) is 5.27. The molecule has 0 aliphatic rings. The van der Waals surface area contributed by atoms with Crippen LogP contribution >= 0.6 is 0 Å². The molecule has 0 heterocycles. The van der Waals surface area contributed by atoms with Gasteiger partial charge in [-0.3, -0.25) is 0 Å². The van der Waals surface area contributed by atoms with Crippen LogP contribution in [0.3, 0.4) is 0 Å². The van der Waals surface area contributed by atoms with E-state index < -0.39 is 11.6 Å². The summed E-state index contributed by atoms with van der Waals surface area (Å²) in [5.41, 5.74) is 1.96. The van der Waals surface area contributed by atoms with Gasteiger partial charge in [0.1, 0.15) is 0 Å². The lowest BCUT2D eigenvalue weighted by Crippen LogP contribution is -2.30. The maximum Gasteiger partial charge on any atom is 0.159 e. The Hall–Kier alpha value is -1.78. The monoisotopic (exact) mass is 290 g/mol. The molecular formula is C17H20F2N2. The minimum Gasteiger partial charge on any atom is -0.311 e. The van der Waals surface area contributed by atoms with Crippen molar-refractivity contribution in [1.82, 2.24) is 10.2 Å². The predicted molar refractivity (Wildman–Crippen MR) is 80.9 cm³/mol. The van der Waals surface area contributed by atoms with Crippen molar-refractivity contribution < 1.29 is 8.78 Å². The van der Waals surface area contributed by atoms with Crippen LogP contribution < -0.4 is 5.32 Å². The first kappa shape index (κ1) is 15.6. The first-order valence-corrected chi connectivity index (χ1v) is 6.94. The third-order valence-electron chi connectivity index (χ3n) is 3.46. The lowest BCUT2D eigenvalue weighted by Gasteiger charge is -2.25. The van der Waals surface area contributed by atoms with Crippen molar-refractivity contribution in [2.75, 3.05) is 20.6 Å². The third kappa shape index (κ3) is 4.34. The number of rotatable bonds is 6. The summed E-state index contributed by atoms with van der Waals surface area (Å²) in [4.78, 5) is 2.13. The van der Waals surface area contributed by atoms with Crippen LogP contribution in [0.5, 0.6) is 0 Å². The Labute approximate surface area is 124 Å². The van der Waals surface area contributed by atoms with Crippen LogP contribution in [-0.4, -0.2) is 25.5 Å². The molecule has 0 aromatic heterocycles. The Bertz CT molecular complexity index is 570. The van der Waals surface area contributed by atoms with Gasteiger partial charge in [0.15, 0.2) is 11.6 Å². The largest absolute Gasteiger partial charge is 0.311 e. The topological polar surface area (TPSA) is 15.3 Å². The summed E-state index contributed by atoms with van der Waals surface area (Å²) in [7, 11) is 4.05. The summed E-state index contributed by atoms with van der Waals surface area (Å²) in [5.74, 6) is -1.62. The first-order valence-electron chi connectivity index (χ1n) is 6.94. The van der Waals surface area contributed by atoms with Crippen molar-refractivity contribution in [3.8, 4) is 0 Å². The molecule has 112 valence electrons. The molecule has 2 aromatic rings. The maximum atomic E-state index is 13.1. The van der Waals surface area contributed by atoms with E-state index in [1.807, 2.05) is 32.3 Å². The van der Waals surface area contributed by atoms with E-state index in [2.05, 4.69) is 22.3 Å². The standard InChI is InChI=1S/C17H20F2N2/c1-21(2)17(14-6-4-3-5-7-14)12-20-11-13-8-9-15(18)16(19)10-13/h3-10,17,20H,11-12H2,1-2H3. The summed E-state index contributed by atoms with van der Waals surface area (Å²) < 4.78 is 26.0. The normalized spacial score (nSPS) is 12.6. The molecular weight excluding hydrogens is 270 g/mol. The molecule has 4 heteroatoms. The van der Waals surface area contributed by atoms with Gasteiger partial charge in [-0.2, -0.15) is 0 Å². The van der Waals surface area contributed by atoms with Gasteiger partial charge in [0, 0.05) is 19.1 Å². The van der Waals surface area contributed by atoms with E-state index in [0.717, 1.165) is 18.2 Å². The molecule has 0 saturated heterocycles. The van der Waals surface area contributed by atoms with E-state index in [9.17, 15) is 8.78 Å². The SMILES string of the molecule is CN(C)C(CNCc1ccc(F)c(F)c1)c1ccccc1. The highest BCUT2D eigenvalue weighted by molar-refractivity contribution is 5.20. The second-order valence-electron chi connectivity index (χ2n) is 5.27. The maximum absolute atomic E-state index is 13.1. The quantitative estimate of drug-likeness (QED) is 0.877. The first-order chi connectivity index (χ1) is 10.1. The molecule has 0 fully saturated rings. The van der Waals surface area contributed by atoms with Crippen LogP contribution in [0, 0.1) is 11.6 Å². The molecule has 21 heavy (non-hydrogen) atoms. The van der Waals surface area contributed by atoms with E-state index in [-0.39, 0.29) is 6.04 Å². The summed E-state index contributed by atoms with van der Waals surface area (Å²) in [6.45, 7) is 1.24. The van der Waals surface area contributed by atoms with E-state index in [1.165, 1.54) is 11.6 Å². The van der Waals surface area contributed by atoms with Crippen LogP contribution in [-0.2, 0) is 6.54 Å². The van der Waals surface area contributed by atoms with Crippen molar-refractivity contribution in [2.24, 2.45) is 0 Å². The summed E-state index contributed by atoms with van der Waals surface area (Å²) >= 11 is 0. The van der Waals surface area contributed by atoms with Gasteiger partial charge in [-0.1, -0.05) is 36.4 Å². The molecule has 0 radical (unpaired) electrons. The average Bonchev–Trinajstić information content (AvgIpc) is 2.48. The summed E-state index contributed by atoms with van der Waals surface area (Å²) in [6.07, 6.45) is 0. The highest BCUT2D eigenvalue weighted by Crippen LogP contribution is 2.17. The van der Waals surface area contributed by atoms with Crippen LogP contribution in [0.4, 0.5) is 8.78 Å². The van der Waals surface area contributed by atoms with Gasteiger partial charge >= 0.3 is 0 Å². The highest BCUT2D eigenvalue weighted by Gasteiger charge is 2.13. The van der Waals surface area contributed by atoms with Gasteiger partial charge in [0.2, 0.25) is 0 Å². The Kier molecular flexibility index (Phi) is 5.42. The van der Waals surface area contributed by atoms with E-state index in [1.54, 1.807) is 6.07 Å². The fraction of sp³-hybridized carbons (Fsp3) is 0.294. The van der Waals surface area contributed by atoms with Crippen molar-refractivity contribution in [2.45, 2.75) is 12.6 Å². The molecule has 1 unspecified atom stereocenters. The lowest BCUT2D eigenvalue weighted by atomic mass is 10.1. The molecule has 2 nitrogen and oxygen atoms in total. The summed E-state index contributed by atoms with van der Waals surface area (Å²) in [6, 6.07) is 14.4. The van der Waals surface area contributed by atoms with Crippen LogP contribution in [0.2, 0.25) is 0 Å². The smallest absolute Gasteiger partial charge is 0.159 e. The Balaban J connectivity index is 1.95. The van der Waals surface area contributed by atoms with E-state index in [0.29, 0.717) is 6.54 Å². The predicted octanol–water partition coefficient (Wildman–Crippen LogP) is 3.36. The molecule has 0 saturated carbocycles. The van der Waals surface area contributed by atoms with Crippen molar-refractivity contribution in [3.05, 3.63) is 71.3 Å². The van der Waals surface area contributed by atoms with Gasteiger partial charge in [-0.15, -0.1) is 0 Å². The van der Waals surface area contributed by atoms with E-state index >= 15 is 0 Å². The second kappa shape index (κ2) is 7.29. The molecule has 0 amide bonds. The highest BCUT2D eigenvalue weighted by atomic mass is 19.2. The zero-order valence-electron chi connectivity index (χ0n) is 12.3. The molecule has 0 aliphatic carbocycles. The van der Waals surface area contributed by atoms with Crippen LogP contribution in [0.15, 0.2) is 48.5 Å². The van der Waals surface area contributed by atoms with Crippen molar-refractivity contribution in [3.63, 3.8) is 0 Å². The van der Waals surface area contributed by atoms with Crippen LogP contribution in [0.25, 0.3) is 0 Å². The zero-order chi connectivity index (χ0) is 15.2. The van der Waals surface area contributed by atoms with Crippen molar-refractivity contribution >= 4 is 0 Å². The summed E-state index contributed by atoms with van der Waals surface area (Å²) in [5, 5.41) is 3.30. The Morgan fingerprint density at radius 1 is 1.00 bits per heavy atom. The molecule has 2 rings (SSSR count). The molecule has 1 N–H and O–H groups in total. The number of benzene rings is 2. The minimum atomic E-state index is -0.811. The fourth-order valence-corrected chi connectivity index (χ4v) is 2.28. The number of hydrogen-bond donors (Lipinski definition) is 1. The van der Waals surface area contributed by atoms with Gasteiger partial charge in [0.05, 0.1) is 0 Å². The lowest BCUT2D eigenvalue weighted by molar-refractivity contribution is 0.288. The van der Waals surface area contributed by atoms with Crippen LogP contribution in [0.1, 0.15) is 17.2 Å². The fourth-order valence-electron chi connectivity index (χ4n) is 2.28. The number of likely N-dealkylation sites (N-methyl/N-ethyl adjacent to an activating group) is 1. The zero-order valence-corrected chi connectivity index (χ0v) is 12.3. The molecule has 0 aliphatic heterocycles.